The molecule has 0 saturated carbocycles. The van der Waals surface area contributed by atoms with E-state index in [2.05, 4.69) is 6.92 Å². The van der Waals surface area contributed by atoms with Crippen LogP contribution in [-0.2, 0) is 42.9 Å². The summed E-state index contributed by atoms with van der Waals surface area (Å²) in [5.41, 5.74) is 0. The minimum atomic E-state index is -1.24. The van der Waals surface area contributed by atoms with E-state index in [4.69, 9.17) is 23.7 Å². The first-order valence-corrected chi connectivity index (χ1v) is 11.1. The largest absolute Gasteiger partial charge is 0.481 e. The molecule has 1 aliphatic rings. The Morgan fingerprint density at radius 3 is 1.91 bits per heavy atom. The highest BCUT2D eigenvalue weighted by molar-refractivity contribution is 5.68. The molecule has 10 nitrogen and oxygen atoms in total. The van der Waals surface area contributed by atoms with Gasteiger partial charge >= 0.3 is 23.9 Å². The fraction of sp³-hybridized carbons (Fsp3) is 0.818. The van der Waals surface area contributed by atoms with Crippen LogP contribution in [0.15, 0.2) is 0 Å². The lowest BCUT2D eigenvalue weighted by atomic mass is 9.98. The number of carboxylic acids is 1. The number of ether oxygens (including phenoxy) is 5. The maximum absolute atomic E-state index is 11.8. The number of rotatable bonds is 13. The zero-order chi connectivity index (χ0) is 24.3. The number of carbonyl (C=O) groups excluding carboxylic acids is 3. The van der Waals surface area contributed by atoms with Gasteiger partial charge in [-0.05, 0) is 13.3 Å². The van der Waals surface area contributed by atoms with Crippen molar-refractivity contribution >= 4 is 23.9 Å². The van der Waals surface area contributed by atoms with Gasteiger partial charge in [0, 0.05) is 20.8 Å². The molecular weight excluding hydrogens is 424 g/mol. The minimum Gasteiger partial charge on any atom is -0.481 e. The van der Waals surface area contributed by atoms with Crippen LogP contribution in [-0.4, -0.2) is 65.8 Å². The second kappa shape index (κ2) is 14.1. The normalized spacial score (nSPS) is 26.1. The first kappa shape index (κ1) is 27.8. The Morgan fingerprint density at radius 1 is 0.844 bits per heavy atom. The molecule has 0 bridgehead atoms. The van der Waals surface area contributed by atoms with Crippen molar-refractivity contribution in [2.24, 2.45) is 0 Å². The maximum atomic E-state index is 11.8. The molecule has 1 heterocycles. The molecule has 1 fully saturated rings. The fourth-order valence-electron chi connectivity index (χ4n) is 3.66. The molecule has 0 aromatic carbocycles. The molecule has 32 heavy (non-hydrogen) atoms. The monoisotopic (exact) mass is 460 g/mol. The van der Waals surface area contributed by atoms with Gasteiger partial charge in [-0.2, -0.15) is 0 Å². The quantitative estimate of drug-likeness (QED) is 0.248. The van der Waals surface area contributed by atoms with Crippen molar-refractivity contribution in [3.8, 4) is 0 Å². The molecule has 0 spiro atoms. The first-order chi connectivity index (χ1) is 15.0. The van der Waals surface area contributed by atoms with Crippen LogP contribution in [0.3, 0.4) is 0 Å². The predicted octanol–water partition coefficient (Wildman–Crippen LogP) is 2.75. The highest BCUT2D eigenvalue weighted by Crippen LogP contribution is 2.31. The molecule has 1 rings (SSSR count). The number of aliphatic carboxylic acids is 1. The minimum absolute atomic E-state index is 0.263. The zero-order valence-corrected chi connectivity index (χ0v) is 19.5. The van der Waals surface area contributed by atoms with Gasteiger partial charge in [0.15, 0.2) is 24.6 Å². The SMILES string of the molecule is CCCCCCC[C@@H](CC(=O)O)O[C@@H]1O[C@H](C)[C@@H](OC(C)=O)[C@H](OC(C)=O)[C@@H]1OC(C)=O. The van der Waals surface area contributed by atoms with Crippen LogP contribution in [0.2, 0.25) is 0 Å². The standard InChI is InChI=1S/C22H36O10/c1-6-7-8-9-10-11-17(12-18(26)27)32-22-21(31-16(5)25)20(30-15(4)24)19(13(2)28-22)29-14(3)23/h13,17,19-22H,6-12H2,1-5H3,(H,26,27)/t13-,17+,19-,20+,21+,22+/m1/s1. The number of hydrogen-bond donors (Lipinski definition) is 1. The summed E-state index contributed by atoms with van der Waals surface area (Å²) >= 11 is 0. The molecule has 0 unspecified atom stereocenters. The van der Waals surface area contributed by atoms with Gasteiger partial charge in [0.1, 0.15) is 0 Å². The molecule has 0 aromatic rings. The third-order valence-corrected chi connectivity index (χ3v) is 4.99. The Balaban J connectivity index is 3.07. The highest BCUT2D eigenvalue weighted by Gasteiger charge is 2.51. The molecule has 10 heteroatoms. The van der Waals surface area contributed by atoms with Crippen molar-refractivity contribution in [2.75, 3.05) is 0 Å². The van der Waals surface area contributed by atoms with Crippen molar-refractivity contribution in [3.63, 3.8) is 0 Å². The molecule has 0 aromatic heterocycles. The van der Waals surface area contributed by atoms with E-state index in [0.717, 1.165) is 32.1 Å². The van der Waals surface area contributed by atoms with Crippen LogP contribution < -0.4 is 0 Å². The summed E-state index contributed by atoms with van der Waals surface area (Å²) in [6, 6.07) is 0. The van der Waals surface area contributed by atoms with Gasteiger partial charge in [0.25, 0.3) is 0 Å². The van der Waals surface area contributed by atoms with Crippen molar-refractivity contribution in [3.05, 3.63) is 0 Å². The molecule has 184 valence electrons. The van der Waals surface area contributed by atoms with Crippen molar-refractivity contribution in [1.29, 1.82) is 0 Å². The van der Waals surface area contributed by atoms with Crippen molar-refractivity contribution < 1.29 is 48.0 Å². The Kier molecular flexibility index (Phi) is 12.2. The third-order valence-electron chi connectivity index (χ3n) is 4.99. The predicted molar refractivity (Wildman–Crippen MR) is 111 cm³/mol. The maximum Gasteiger partial charge on any atom is 0.305 e. The van der Waals surface area contributed by atoms with E-state index in [1.54, 1.807) is 6.92 Å². The number of hydrogen-bond acceptors (Lipinski definition) is 9. The molecule has 0 radical (unpaired) electrons. The second-order valence-corrected chi connectivity index (χ2v) is 7.99. The van der Waals surface area contributed by atoms with Crippen LogP contribution in [0.1, 0.15) is 79.6 Å². The van der Waals surface area contributed by atoms with Crippen LogP contribution in [0.4, 0.5) is 0 Å². The lowest BCUT2D eigenvalue weighted by molar-refractivity contribution is -0.310. The zero-order valence-electron chi connectivity index (χ0n) is 19.5. The summed E-state index contributed by atoms with van der Waals surface area (Å²) in [5.74, 6) is -3.02. The van der Waals surface area contributed by atoms with Crippen molar-refractivity contribution in [2.45, 2.75) is 116 Å². The molecule has 6 atom stereocenters. The van der Waals surface area contributed by atoms with Gasteiger partial charge in [-0.3, -0.25) is 19.2 Å². The van der Waals surface area contributed by atoms with Gasteiger partial charge < -0.3 is 28.8 Å². The van der Waals surface area contributed by atoms with E-state index >= 15 is 0 Å². The molecule has 1 saturated heterocycles. The Bertz CT molecular complexity index is 634. The number of esters is 3. The average molecular weight is 461 g/mol. The van der Waals surface area contributed by atoms with Crippen LogP contribution in [0, 0.1) is 0 Å². The van der Waals surface area contributed by atoms with Gasteiger partial charge in [-0.25, -0.2) is 0 Å². The molecule has 0 amide bonds. The molecular formula is C22H36O10. The van der Waals surface area contributed by atoms with E-state index < -0.39 is 60.7 Å². The Morgan fingerprint density at radius 2 is 1.38 bits per heavy atom. The number of carbonyl (C=O) groups is 4. The van der Waals surface area contributed by atoms with E-state index in [1.807, 2.05) is 0 Å². The summed E-state index contributed by atoms with van der Waals surface area (Å²) in [4.78, 5) is 46.4. The lowest BCUT2D eigenvalue weighted by Gasteiger charge is -2.44. The van der Waals surface area contributed by atoms with Gasteiger partial charge in [0.2, 0.25) is 0 Å². The number of carboxylic acid groups (broad SMARTS) is 1. The second-order valence-electron chi connectivity index (χ2n) is 7.99. The van der Waals surface area contributed by atoms with Gasteiger partial charge in [0.05, 0.1) is 18.6 Å². The van der Waals surface area contributed by atoms with E-state index in [1.165, 1.54) is 20.8 Å². The smallest absolute Gasteiger partial charge is 0.305 e. The van der Waals surface area contributed by atoms with Crippen LogP contribution in [0.25, 0.3) is 0 Å². The number of unbranched alkanes of at least 4 members (excludes halogenated alkanes) is 4. The Hall–Kier alpha value is -2.20. The first-order valence-electron chi connectivity index (χ1n) is 11.1. The van der Waals surface area contributed by atoms with E-state index in [-0.39, 0.29) is 6.42 Å². The molecule has 0 aliphatic carbocycles. The summed E-state index contributed by atoms with van der Waals surface area (Å²) in [6.07, 6.45) is -0.976. The third kappa shape index (κ3) is 9.95. The van der Waals surface area contributed by atoms with E-state index in [9.17, 15) is 24.3 Å². The topological polar surface area (TPSA) is 135 Å². The average Bonchev–Trinajstić information content (AvgIpc) is 2.66. The molecule has 1 N–H and O–H groups in total. The Labute approximate surface area is 188 Å². The van der Waals surface area contributed by atoms with Crippen LogP contribution in [0.5, 0.6) is 0 Å². The van der Waals surface area contributed by atoms with Gasteiger partial charge in [-0.15, -0.1) is 0 Å². The van der Waals surface area contributed by atoms with Crippen molar-refractivity contribution in [1.82, 2.24) is 0 Å². The van der Waals surface area contributed by atoms with Crippen LogP contribution >= 0.6 is 0 Å². The van der Waals surface area contributed by atoms with E-state index in [0.29, 0.717) is 6.42 Å². The highest BCUT2D eigenvalue weighted by atomic mass is 16.7. The summed E-state index contributed by atoms with van der Waals surface area (Å²) in [5, 5.41) is 9.30. The van der Waals surface area contributed by atoms with Gasteiger partial charge in [-0.1, -0.05) is 39.0 Å². The fourth-order valence-corrected chi connectivity index (χ4v) is 3.66. The summed E-state index contributed by atoms with van der Waals surface area (Å²) < 4.78 is 27.7. The molecule has 1 aliphatic heterocycles. The summed E-state index contributed by atoms with van der Waals surface area (Å²) in [6.45, 7) is 7.25. The lowest BCUT2D eigenvalue weighted by Crippen LogP contribution is -2.61. The summed E-state index contributed by atoms with van der Waals surface area (Å²) in [7, 11) is 0.